The lowest BCUT2D eigenvalue weighted by atomic mass is 10.00. The summed E-state index contributed by atoms with van der Waals surface area (Å²) in [5.74, 6) is 0. The molecule has 2 aromatic rings. The maximum atomic E-state index is 6.01. The molecular weight excluding hydrogens is 320 g/mol. The number of likely N-dealkylation sites (N-methyl/N-ethyl adjacent to an activating group) is 1. The van der Waals surface area contributed by atoms with E-state index >= 15 is 0 Å². The lowest BCUT2D eigenvalue weighted by Crippen LogP contribution is -2.46. The number of nitrogens with zero attached hydrogens (tertiary/aromatic N) is 3. The highest BCUT2D eigenvalue weighted by Crippen LogP contribution is 2.24. The van der Waals surface area contributed by atoms with Gasteiger partial charge in [0.2, 0.25) is 0 Å². The Morgan fingerprint density at radius 1 is 1.45 bits per heavy atom. The Morgan fingerprint density at radius 2 is 2.27 bits per heavy atom. The first kappa shape index (κ1) is 15.8. The molecule has 0 aliphatic carbocycles. The molecule has 7 heteroatoms. The van der Waals surface area contributed by atoms with Crippen molar-refractivity contribution >= 4 is 23.1 Å². The zero-order valence-electron chi connectivity index (χ0n) is 12.4. The zero-order chi connectivity index (χ0) is 15.4. The molecule has 2 heterocycles. The first-order valence-electron chi connectivity index (χ1n) is 7.27. The zero-order valence-corrected chi connectivity index (χ0v) is 14.0. The summed E-state index contributed by atoms with van der Waals surface area (Å²) in [6, 6.07) is 8.04. The molecule has 1 aliphatic heterocycles. The van der Waals surface area contributed by atoms with Gasteiger partial charge in [0.1, 0.15) is 0 Å². The molecule has 0 radical (unpaired) electrons. The summed E-state index contributed by atoms with van der Waals surface area (Å²) in [7, 11) is 2.12. The number of rotatable bonds is 5. The van der Waals surface area contributed by atoms with Crippen LogP contribution in [-0.4, -0.2) is 47.3 Å². The molecule has 2 unspecified atom stereocenters. The second-order valence-corrected chi connectivity index (χ2v) is 6.52. The van der Waals surface area contributed by atoms with Gasteiger partial charge in [-0.1, -0.05) is 28.2 Å². The molecule has 0 spiro atoms. The first-order valence-corrected chi connectivity index (χ1v) is 8.49. The lowest BCUT2D eigenvalue weighted by Gasteiger charge is -2.35. The van der Waals surface area contributed by atoms with E-state index in [1.54, 1.807) is 0 Å². The van der Waals surface area contributed by atoms with Crippen LogP contribution in [0.25, 0.3) is 0 Å². The monoisotopic (exact) mass is 338 g/mol. The van der Waals surface area contributed by atoms with E-state index in [1.165, 1.54) is 17.1 Å². The van der Waals surface area contributed by atoms with Gasteiger partial charge in [-0.05, 0) is 36.3 Å². The Hall–Kier alpha value is -1.05. The summed E-state index contributed by atoms with van der Waals surface area (Å²) in [6.07, 6.45) is 0.103. The van der Waals surface area contributed by atoms with Crippen LogP contribution in [0.3, 0.4) is 0 Å². The smallest absolute Gasteiger partial charge is 0.0896 e. The van der Waals surface area contributed by atoms with Crippen LogP contribution in [0.15, 0.2) is 29.6 Å². The summed E-state index contributed by atoms with van der Waals surface area (Å²) in [5, 5.41) is 10.3. The Bertz CT molecular complexity index is 578. The van der Waals surface area contributed by atoms with E-state index in [0.717, 1.165) is 30.4 Å². The first-order chi connectivity index (χ1) is 10.7. The third kappa shape index (κ3) is 4.02. The summed E-state index contributed by atoms with van der Waals surface area (Å²) >= 11 is 7.37. The van der Waals surface area contributed by atoms with Gasteiger partial charge in [0.15, 0.2) is 0 Å². The average molecular weight is 339 g/mol. The van der Waals surface area contributed by atoms with E-state index < -0.39 is 0 Å². The molecule has 0 saturated carbocycles. The molecular formula is C15H19ClN4OS. The summed E-state index contributed by atoms with van der Waals surface area (Å²) in [4.78, 5) is 2.29. The molecule has 1 fully saturated rings. The van der Waals surface area contributed by atoms with Crippen LogP contribution in [-0.2, 0) is 11.3 Å². The Balaban J connectivity index is 1.76. The quantitative estimate of drug-likeness (QED) is 0.907. The number of benzene rings is 1. The van der Waals surface area contributed by atoms with Crippen LogP contribution in [0.2, 0.25) is 5.02 Å². The maximum Gasteiger partial charge on any atom is 0.0896 e. The SMILES string of the molecule is CN1CCOC(C(NCc2csnn2)c2ccc(Cl)cc2)C1. The third-order valence-corrected chi connectivity index (χ3v) is 4.61. The minimum absolute atomic E-state index is 0.0988. The maximum absolute atomic E-state index is 6.01. The van der Waals surface area contributed by atoms with Crippen molar-refractivity contribution in [1.29, 1.82) is 0 Å². The van der Waals surface area contributed by atoms with E-state index in [1.807, 2.05) is 17.5 Å². The summed E-state index contributed by atoms with van der Waals surface area (Å²) in [6.45, 7) is 3.30. The molecule has 5 nitrogen and oxygen atoms in total. The molecule has 1 aliphatic rings. The average Bonchev–Trinajstić information content (AvgIpc) is 3.03. The molecule has 0 bridgehead atoms. The molecule has 0 amide bonds. The van der Waals surface area contributed by atoms with E-state index in [-0.39, 0.29) is 12.1 Å². The van der Waals surface area contributed by atoms with Gasteiger partial charge >= 0.3 is 0 Å². The summed E-state index contributed by atoms with van der Waals surface area (Å²) < 4.78 is 9.90. The predicted molar refractivity (Wildman–Crippen MR) is 88.2 cm³/mol. The van der Waals surface area contributed by atoms with Crippen LogP contribution < -0.4 is 5.32 Å². The Morgan fingerprint density at radius 3 is 2.95 bits per heavy atom. The second-order valence-electron chi connectivity index (χ2n) is 5.48. The number of hydrogen-bond donors (Lipinski definition) is 1. The number of hydrogen-bond acceptors (Lipinski definition) is 6. The van der Waals surface area contributed by atoms with Gasteiger partial charge in [0, 0.05) is 30.0 Å². The van der Waals surface area contributed by atoms with Gasteiger partial charge in [-0.3, -0.25) is 0 Å². The van der Waals surface area contributed by atoms with Crippen molar-refractivity contribution in [3.63, 3.8) is 0 Å². The number of nitrogens with one attached hydrogen (secondary N) is 1. The second kappa shape index (κ2) is 7.48. The highest BCUT2D eigenvalue weighted by Gasteiger charge is 2.28. The van der Waals surface area contributed by atoms with Crippen molar-refractivity contribution in [3.05, 3.63) is 45.9 Å². The van der Waals surface area contributed by atoms with Gasteiger partial charge in [0.25, 0.3) is 0 Å². The number of ether oxygens (including phenoxy) is 1. The van der Waals surface area contributed by atoms with Crippen LogP contribution >= 0.6 is 23.1 Å². The van der Waals surface area contributed by atoms with Crippen LogP contribution in [0.5, 0.6) is 0 Å². The summed E-state index contributed by atoms with van der Waals surface area (Å²) in [5.41, 5.74) is 2.13. The Kier molecular flexibility index (Phi) is 5.38. The van der Waals surface area contributed by atoms with E-state index in [4.69, 9.17) is 16.3 Å². The molecule has 2 atom stereocenters. The molecule has 1 aromatic heterocycles. The van der Waals surface area contributed by atoms with Gasteiger partial charge in [0.05, 0.1) is 24.4 Å². The molecule has 118 valence electrons. The normalized spacial score (nSPS) is 20.9. The molecule has 1 saturated heterocycles. The molecule has 1 aromatic carbocycles. The number of aromatic nitrogens is 2. The topological polar surface area (TPSA) is 50.3 Å². The van der Waals surface area contributed by atoms with E-state index in [9.17, 15) is 0 Å². The molecule has 1 N–H and O–H groups in total. The minimum Gasteiger partial charge on any atom is -0.374 e. The fourth-order valence-corrected chi connectivity index (χ4v) is 3.20. The fraction of sp³-hybridized carbons (Fsp3) is 0.467. The number of morpholine rings is 1. The van der Waals surface area contributed by atoms with Crippen LogP contribution in [0.4, 0.5) is 0 Å². The van der Waals surface area contributed by atoms with Gasteiger partial charge < -0.3 is 15.0 Å². The highest BCUT2D eigenvalue weighted by atomic mass is 35.5. The van der Waals surface area contributed by atoms with E-state index in [0.29, 0.717) is 6.54 Å². The number of halogens is 1. The fourth-order valence-electron chi connectivity index (χ4n) is 2.62. The largest absolute Gasteiger partial charge is 0.374 e. The minimum atomic E-state index is 0.0988. The van der Waals surface area contributed by atoms with Crippen LogP contribution in [0.1, 0.15) is 17.3 Å². The highest BCUT2D eigenvalue weighted by molar-refractivity contribution is 7.03. The van der Waals surface area contributed by atoms with Gasteiger partial charge in [-0.2, -0.15) is 0 Å². The van der Waals surface area contributed by atoms with Crippen molar-refractivity contribution in [2.45, 2.75) is 18.7 Å². The van der Waals surface area contributed by atoms with E-state index in [2.05, 4.69) is 39.0 Å². The third-order valence-electron chi connectivity index (χ3n) is 3.81. The standard InChI is InChI=1S/C15H19ClN4OS/c1-20-6-7-21-14(9-20)15(11-2-4-12(16)5-3-11)17-8-13-10-22-19-18-13/h2-5,10,14-15,17H,6-9H2,1H3. The molecule has 22 heavy (non-hydrogen) atoms. The van der Waals surface area contributed by atoms with Crippen LogP contribution in [0, 0.1) is 0 Å². The predicted octanol–water partition coefficient (Wildman–Crippen LogP) is 2.35. The van der Waals surface area contributed by atoms with Gasteiger partial charge in [-0.25, -0.2) is 0 Å². The van der Waals surface area contributed by atoms with Crippen molar-refractivity contribution in [2.75, 3.05) is 26.7 Å². The van der Waals surface area contributed by atoms with Gasteiger partial charge in [-0.15, -0.1) is 5.10 Å². The molecule has 3 rings (SSSR count). The van der Waals surface area contributed by atoms with Crippen molar-refractivity contribution < 1.29 is 4.74 Å². The Labute approximate surface area is 139 Å². The van der Waals surface area contributed by atoms with Crippen molar-refractivity contribution in [2.24, 2.45) is 0 Å². The lowest BCUT2D eigenvalue weighted by molar-refractivity contribution is -0.0396. The van der Waals surface area contributed by atoms with Crippen molar-refractivity contribution in [1.82, 2.24) is 19.8 Å². The van der Waals surface area contributed by atoms with Crippen molar-refractivity contribution in [3.8, 4) is 0 Å².